The summed E-state index contributed by atoms with van der Waals surface area (Å²) in [5.41, 5.74) is 2.42. The molecule has 26 heavy (non-hydrogen) atoms. The quantitative estimate of drug-likeness (QED) is 0.609. The molecule has 0 saturated carbocycles. The summed E-state index contributed by atoms with van der Waals surface area (Å²) >= 11 is 0. The maximum absolute atomic E-state index is 11.9. The molecule has 7 nitrogen and oxygen atoms in total. The van der Waals surface area contributed by atoms with Crippen molar-refractivity contribution >= 4 is 11.6 Å². The number of carbonyl (C=O) groups excluding carboxylic acids is 1. The van der Waals surface area contributed by atoms with E-state index in [2.05, 4.69) is 10.5 Å². The van der Waals surface area contributed by atoms with Gasteiger partial charge in [0.05, 0.1) is 12.8 Å². The molecule has 0 spiro atoms. The molecular formula is C19H20N2O5. The van der Waals surface area contributed by atoms with Crippen molar-refractivity contribution in [1.82, 2.24) is 5.32 Å². The molecule has 2 aromatic rings. The molecule has 0 fully saturated rings. The van der Waals surface area contributed by atoms with Crippen molar-refractivity contribution in [2.24, 2.45) is 5.16 Å². The Morgan fingerprint density at radius 2 is 2.04 bits per heavy atom. The van der Waals surface area contributed by atoms with Crippen molar-refractivity contribution in [3.8, 4) is 17.2 Å². The van der Waals surface area contributed by atoms with Gasteiger partial charge in [0, 0.05) is 12.1 Å². The molecule has 1 aliphatic rings. The second-order valence-electron chi connectivity index (χ2n) is 5.65. The van der Waals surface area contributed by atoms with Crippen LogP contribution >= 0.6 is 0 Å². The van der Waals surface area contributed by atoms with Crippen molar-refractivity contribution in [2.75, 3.05) is 20.5 Å². The van der Waals surface area contributed by atoms with Crippen LogP contribution in [0.1, 0.15) is 18.1 Å². The lowest BCUT2D eigenvalue weighted by Crippen LogP contribution is -2.26. The Kier molecular flexibility index (Phi) is 5.58. The number of nitrogens with zero attached hydrogens (tertiary/aromatic N) is 1. The van der Waals surface area contributed by atoms with Crippen molar-refractivity contribution in [1.29, 1.82) is 0 Å². The zero-order chi connectivity index (χ0) is 18.4. The zero-order valence-electron chi connectivity index (χ0n) is 14.7. The average molecular weight is 356 g/mol. The lowest BCUT2D eigenvalue weighted by Gasteiger charge is -2.07. The maximum atomic E-state index is 11.9. The van der Waals surface area contributed by atoms with Gasteiger partial charge in [-0.15, -0.1) is 0 Å². The zero-order valence-corrected chi connectivity index (χ0v) is 14.7. The number of ether oxygens (including phenoxy) is 3. The van der Waals surface area contributed by atoms with Crippen LogP contribution in [0.15, 0.2) is 47.6 Å². The molecule has 0 bridgehead atoms. The Hall–Kier alpha value is -3.22. The van der Waals surface area contributed by atoms with Gasteiger partial charge in [0.15, 0.2) is 18.1 Å². The lowest BCUT2D eigenvalue weighted by molar-refractivity contribution is -0.125. The van der Waals surface area contributed by atoms with E-state index in [0.717, 1.165) is 16.9 Å². The highest BCUT2D eigenvalue weighted by Gasteiger charge is 2.14. The van der Waals surface area contributed by atoms with Gasteiger partial charge >= 0.3 is 0 Å². The Bertz CT molecular complexity index is 819. The summed E-state index contributed by atoms with van der Waals surface area (Å²) < 4.78 is 15.8. The van der Waals surface area contributed by atoms with Gasteiger partial charge in [-0.05, 0) is 42.8 Å². The third-order valence-electron chi connectivity index (χ3n) is 3.81. The van der Waals surface area contributed by atoms with E-state index in [-0.39, 0.29) is 19.3 Å². The minimum Gasteiger partial charge on any atom is -0.497 e. The first kappa shape index (κ1) is 17.6. The first-order valence-electron chi connectivity index (χ1n) is 8.12. The topological polar surface area (TPSA) is 78.4 Å². The SMILES string of the molecule is COc1cccc(CNC(=O)CO/N=C(/C)c2ccc3c(c2)OCO3)c1. The van der Waals surface area contributed by atoms with Gasteiger partial charge in [0.25, 0.3) is 5.91 Å². The summed E-state index contributed by atoms with van der Waals surface area (Å²) in [6.45, 7) is 2.25. The fraction of sp³-hybridized carbons (Fsp3) is 0.263. The van der Waals surface area contributed by atoms with Gasteiger partial charge in [-0.25, -0.2) is 0 Å². The van der Waals surface area contributed by atoms with Crippen molar-refractivity contribution in [3.63, 3.8) is 0 Å². The largest absolute Gasteiger partial charge is 0.497 e. The Morgan fingerprint density at radius 1 is 1.19 bits per heavy atom. The van der Waals surface area contributed by atoms with Crippen LogP contribution in [0, 0.1) is 0 Å². The summed E-state index contributed by atoms with van der Waals surface area (Å²) in [5.74, 6) is 1.87. The third kappa shape index (κ3) is 4.44. The monoisotopic (exact) mass is 356 g/mol. The molecule has 1 aliphatic heterocycles. The number of hydrogen-bond donors (Lipinski definition) is 1. The second kappa shape index (κ2) is 8.24. The minimum absolute atomic E-state index is 0.161. The highest BCUT2D eigenvalue weighted by atomic mass is 16.7. The first-order chi connectivity index (χ1) is 12.7. The van der Waals surface area contributed by atoms with Gasteiger partial charge in [0.2, 0.25) is 6.79 Å². The van der Waals surface area contributed by atoms with Crippen molar-refractivity contribution in [3.05, 3.63) is 53.6 Å². The molecule has 1 amide bonds. The Labute approximate surface area is 151 Å². The van der Waals surface area contributed by atoms with E-state index in [0.29, 0.717) is 23.8 Å². The fourth-order valence-corrected chi connectivity index (χ4v) is 2.40. The number of amides is 1. The predicted molar refractivity (Wildman–Crippen MR) is 95.6 cm³/mol. The lowest BCUT2D eigenvalue weighted by atomic mass is 10.1. The molecule has 0 saturated heterocycles. The number of oxime groups is 1. The Balaban J connectivity index is 1.47. The average Bonchev–Trinajstić information content (AvgIpc) is 3.14. The second-order valence-corrected chi connectivity index (χ2v) is 5.65. The van der Waals surface area contributed by atoms with Crippen LogP contribution in [0.5, 0.6) is 17.2 Å². The number of carbonyl (C=O) groups is 1. The molecule has 0 aliphatic carbocycles. The molecule has 3 rings (SSSR count). The van der Waals surface area contributed by atoms with Crippen LogP contribution in [0.2, 0.25) is 0 Å². The van der Waals surface area contributed by atoms with E-state index >= 15 is 0 Å². The van der Waals surface area contributed by atoms with E-state index in [1.54, 1.807) is 14.0 Å². The van der Waals surface area contributed by atoms with E-state index in [1.807, 2.05) is 42.5 Å². The van der Waals surface area contributed by atoms with Crippen LogP contribution in [-0.4, -0.2) is 32.1 Å². The van der Waals surface area contributed by atoms with E-state index in [1.165, 1.54) is 0 Å². The molecule has 0 unspecified atom stereocenters. The molecule has 136 valence electrons. The van der Waals surface area contributed by atoms with E-state index < -0.39 is 0 Å². The summed E-state index contributed by atoms with van der Waals surface area (Å²) in [5, 5.41) is 6.75. The van der Waals surface area contributed by atoms with Crippen LogP contribution in [0.25, 0.3) is 0 Å². The summed E-state index contributed by atoms with van der Waals surface area (Å²) in [6.07, 6.45) is 0. The smallest absolute Gasteiger partial charge is 0.261 e. The van der Waals surface area contributed by atoms with Crippen LogP contribution in [-0.2, 0) is 16.2 Å². The molecule has 1 N–H and O–H groups in total. The number of hydrogen-bond acceptors (Lipinski definition) is 6. The molecule has 1 heterocycles. The normalized spacial score (nSPS) is 12.6. The molecule has 0 radical (unpaired) electrons. The van der Waals surface area contributed by atoms with Crippen molar-refractivity contribution < 1.29 is 23.8 Å². The standard InChI is InChI=1S/C19H20N2O5/c1-13(15-6-7-17-18(9-15)25-12-24-17)21-26-11-19(22)20-10-14-4-3-5-16(8-14)23-2/h3-9H,10-12H2,1-2H3,(H,20,22)/b21-13-. The van der Waals surface area contributed by atoms with Crippen LogP contribution in [0.3, 0.4) is 0 Å². The van der Waals surface area contributed by atoms with Gasteiger partial charge in [0.1, 0.15) is 5.75 Å². The van der Waals surface area contributed by atoms with Gasteiger partial charge in [-0.3, -0.25) is 4.79 Å². The molecule has 7 heteroatoms. The van der Waals surface area contributed by atoms with Crippen LogP contribution in [0.4, 0.5) is 0 Å². The number of benzene rings is 2. The van der Waals surface area contributed by atoms with E-state index in [4.69, 9.17) is 19.0 Å². The van der Waals surface area contributed by atoms with Crippen molar-refractivity contribution in [2.45, 2.75) is 13.5 Å². The number of fused-ring (bicyclic) bond motifs is 1. The Morgan fingerprint density at radius 3 is 2.88 bits per heavy atom. The molecular weight excluding hydrogens is 336 g/mol. The fourth-order valence-electron chi connectivity index (χ4n) is 2.40. The first-order valence-corrected chi connectivity index (χ1v) is 8.12. The highest BCUT2D eigenvalue weighted by molar-refractivity contribution is 5.99. The summed E-state index contributed by atoms with van der Waals surface area (Å²) in [4.78, 5) is 17.0. The number of rotatable bonds is 7. The minimum atomic E-state index is -0.255. The molecule has 0 aromatic heterocycles. The van der Waals surface area contributed by atoms with Gasteiger partial charge < -0.3 is 24.4 Å². The molecule has 0 atom stereocenters. The van der Waals surface area contributed by atoms with E-state index in [9.17, 15) is 4.79 Å². The number of methoxy groups -OCH3 is 1. The predicted octanol–water partition coefficient (Wildman–Crippen LogP) is 2.48. The van der Waals surface area contributed by atoms with Gasteiger partial charge in [-0.2, -0.15) is 0 Å². The summed E-state index contributed by atoms with van der Waals surface area (Å²) in [6, 6.07) is 13.0. The maximum Gasteiger partial charge on any atom is 0.261 e. The third-order valence-corrected chi connectivity index (χ3v) is 3.81. The van der Waals surface area contributed by atoms with Crippen LogP contribution < -0.4 is 19.5 Å². The number of nitrogens with one attached hydrogen (secondary N) is 1. The highest BCUT2D eigenvalue weighted by Crippen LogP contribution is 2.32. The summed E-state index contributed by atoms with van der Waals surface area (Å²) in [7, 11) is 1.60. The molecule has 2 aromatic carbocycles. The van der Waals surface area contributed by atoms with Gasteiger partial charge in [-0.1, -0.05) is 17.3 Å².